The Hall–Kier alpha value is -0.490. The van der Waals surface area contributed by atoms with Gasteiger partial charge in [0.15, 0.2) is 0 Å². The summed E-state index contributed by atoms with van der Waals surface area (Å²) in [5.41, 5.74) is -0.407. The van der Waals surface area contributed by atoms with Crippen molar-refractivity contribution in [2.45, 2.75) is 11.6 Å². The third-order valence-corrected chi connectivity index (χ3v) is 2.81. The largest absolute Gasteiger partial charge is 0.454 e. The molecule has 2 nitrogen and oxygen atoms in total. The van der Waals surface area contributed by atoms with Gasteiger partial charge in [-0.25, -0.2) is 0 Å². The molecular formula is C7H8F3NOS. The van der Waals surface area contributed by atoms with Crippen LogP contribution in [0, 0.1) is 0 Å². The molecule has 1 fully saturated rings. The number of carbonyl (C=O) groups excluding carboxylic acids is 1. The van der Waals surface area contributed by atoms with Crippen LogP contribution in [0.25, 0.3) is 0 Å². The van der Waals surface area contributed by atoms with Gasteiger partial charge in [-0.1, -0.05) is 6.58 Å². The number of thioether (sulfide) groups is 1. The Kier molecular flexibility index (Phi) is 3.02. The van der Waals surface area contributed by atoms with Gasteiger partial charge in [-0.3, -0.25) is 4.79 Å². The molecule has 1 aliphatic rings. The normalized spacial score (nSPS) is 23.2. The zero-order chi connectivity index (χ0) is 10.1. The molecular weight excluding hydrogens is 203 g/mol. The molecule has 13 heavy (non-hydrogen) atoms. The first-order chi connectivity index (χ1) is 5.93. The summed E-state index contributed by atoms with van der Waals surface area (Å²) in [5, 5.41) is 2.18. The second-order valence-corrected chi connectivity index (χ2v) is 3.77. The smallest absolute Gasteiger partial charge is 0.301 e. The molecule has 0 aromatic heterocycles. The van der Waals surface area contributed by atoms with E-state index >= 15 is 0 Å². The Morgan fingerprint density at radius 2 is 2.15 bits per heavy atom. The molecule has 1 saturated heterocycles. The topological polar surface area (TPSA) is 29.1 Å². The highest BCUT2D eigenvalue weighted by atomic mass is 32.2. The lowest BCUT2D eigenvalue weighted by molar-refractivity contribution is -0.166. The van der Waals surface area contributed by atoms with Crippen LogP contribution in [0.4, 0.5) is 13.2 Å². The van der Waals surface area contributed by atoms with E-state index in [1.165, 1.54) is 11.8 Å². The minimum absolute atomic E-state index is 0.407. The number of hydrogen-bond donors (Lipinski definition) is 1. The van der Waals surface area contributed by atoms with Crippen molar-refractivity contribution in [2.24, 2.45) is 0 Å². The number of carbonyl (C=O) groups is 1. The quantitative estimate of drug-likeness (QED) is 0.699. The summed E-state index contributed by atoms with van der Waals surface area (Å²) >= 11 is 1.26. The highest BCUT2D eigenvalue weighted by molar-refractivity contribution is 8.00. The first-order valence-electron chi connectivity index (χ1n) is 3.58. The number of nitrogens with one attached hydrogen (secondary N) is 1. The van der Waals surface area contributed by atoms with Gasteiger partial charge in [0.05, 0.1) is 5.37 Å². The Labute approximate surface area is 77.6 Å². The summed E-state index contributed by atoms with van der Waals surface area (Å²) in [7, 11) is 0. The maximum absolute atomic E-state index is 11.9. The highest BCUT2D eigenvalue weighted by Gasteiger charge is 2.42. The third kappa shape index (κ3) is 2.47. The Morgan fingerprint density at radius 1 is 1.54 bits per heavy atom. The maximum atomic E-state index is 11.9. The van der Waals surface area contributed by atoms with Gasteiger partial charge in [-0.05, 0) is 0 Å². The van der Waals surface area contributed by atoms with E-state index < -0.39 is 22.9 Å². The van der Waals surface area contributed by atoms with Gasteiger partial charge in [0.1, 0.15) is 0 Å². The van der Waals surface area contributed by atoms with Crippen LogP contribution in [0.2, 0.25) is 0 Å². The number of ketones is 1. The summed E-state index contributed by atoms with van der Waals surface area (Å²) in [6, 6.07) is 0. The standard InChI is InChI=1S/C7H8F3NOS/c1-4(5(12)7(8,9)10)6-11-2-3-13-6/h6,11H,1-3H2. The Balaban J connectivity index is 2.62. The molecule has 1 atom stereocenters. The van der Waals surface area contributed by atoms with E-state index in [0.29, 0.717) is 12.3 Å². The number of alkyl halides is 3. The van der Waals surface area contributed by atoms with Crippen molar-refractivity contribution < 1.29 is 18.0 Å². The molecule has 1 aliphatic heterocycles. The van der Waals surface area contributed by atoms with E-state index in [1.807, 2.05) is 0 Å². The van der Waals surface area contributed by atoms with Crippen LogP contribution in [0.3, 0.4) is 0 Å². The lowest BCUT2D eigenvalue weighted by Crippen LogP contribution is -2.33. The van der Waals surface area contributed by atoms with Crippen molar-refractivity contribution in [1.29, 1.82) is 0 Å². The van der Waals surface area contributed by atoms with Gasteiger partial charge < -0.3 is 5.32 Å². The van der Waals surface area contributed by atoms with Crippen molar-refractivity contribution in [3.8, 4) is 0 Å². The van der Waals surface area contributed by atoms with Crippen LogP contribution in [0.5, 0.6) is 0 Å². The molecule has 1 N–H and O–H groups in total. The molecule has 0 aromatic rings. The minimum Gasteiger partial charge on any atom is -0.301 e. The third-order valence-electron chi connectivity index (χ3n) is 1.58. The molecule has 6 heteroatoms. The van der Waals surface area contributed by atoms with E-state index in [9.17, 15) is 18.0 Å². The first-order valence-corrected chi connectivity index (χ1v) is 4.63. The molecule has 0 aromatic carbocycles. The van der Waals surface area contributed by atoms with E-state index in [2.05, 4.69) is 11.9 Å². The molecule has 1 rings (SSSR count). The van der Waals surface area contributed by atoms with Crippen molar-refractivity contribution in [3.63, 3.8) is 0 Å². The highest BCUT2D eigenvalue weighted by Crippen LogP contribution is 2.27. The van der Waals surface area contributed by atoms with Crippen LogP contribution < -0.4 is 5.32 Å². The summed E-state index contributed by atoms with van der Waals surface area (Å²) in [5.74, 6) is -1.13. The van der Waals surface area contributed by atoms with E-state index in [0.717, 1.165) is 0 Å². The monoisotopic (exact) mass is 211 g/mol. The summed E-state index contributed by atoms with van der Waals surface area (Å²) in [6.45, 7) is 3.76. The zero-order valence-electron chi connectivity index (χ0n) is 6.65. The molecule has 1 unspecified atom stereocenters. The fourth-order valence-electron chi connectivity index (χ4n) is 0.951. The summed E-state index contributed by atoms with van der Waals surface area (Å²) in [6.07, 6.45) is -4.80. The molecule has 74 valence electrons. The van der Waals surface area contributed by atoms with Crippen molar-refractivity contribution >= 4 is 17.5 Å². The van der Waals surface area contributed by atoms with Crippen LogP contribution in [-0.4, -0.2) is 29.6 Å². The van der Waals surface area contributed by atoms with Gasteiger partial charge in [0, 0.05) is 17.9 Å². The summed E-state index contributed by atoms with van der Waals surface area (Å²) in [4.78, 5) is 10.7. The fourth-order valence-corrected chi connectivity index (χ4v) is 1.97. The van der Waals surface area contributed by atoms with Gasteiger partial charge in [0.25, 0.3) is 5.78 Å². The summed E-state index contributed by atoms with van der Waals surface area (Å²) < 4.78 is 35.7. The maximum Gasteiger partial charge on any atom is 0.454 e. The SMILES string of the molecule is C=C(C(=O)C(F)(F)F)C1NCCS1. The van der Waals surface area contributed by atoms with Crippen molar-refractivity contribution in [2.75, 3.05) is 12.3 Å². The number of halogens is 3. The predicted molar refractivity (Wildman–Crippen MR) is 44.5 cm³/mol. The Morgan fingerprint density at radius 3 is 2.54 bits per heavy atom. The average Bonchev–Trinajstić information content (AvgIpc) is 2.51. The van der Waals surface area contributed by atoms with E-state index in [-0.39, 0.29) is 0 Å². The zero-order valence-corrected chi connectivity index (χ0v) is 7.47. The molecule has 0 bridgehead atoms. The second kappa shape index (κ2) is 3.71. The van der Waals surface area contributed by atoms with Crippen LogP contribution in [0.1, 0.15) is 0 Å². The van der Waals surface area contributed by atoms with E-state index in [1.54, 1.807) is 0 Å². The first kappa shape index (κ1) is 10.6. The van der Waals surface area contributed by atoms with Crippen molar-refractivity contribution in [3.05, 3.63) is 12.2 Å². The number of hydrogen-bond acceptors (Lipinski definition) is 3. The molecule has 0 spiro atoms. The molecule has 0 saturated carbocycles. The minimum atomic E-state index is -4.80. The van der Waals surface area contributed by atoms with E-state index in [4.69, 9.17) is 0 Å². The lowest BCUT2D eigenvalue weighted by atomic mass is 10.2. The van der Waals surface area contributed by atoms with Gasteiger partial charge in [-0.2, -0.15) is 13.2 Å². The predicted octanol–water partition coefficient (Wildman–Crippen LogP) is 1.34. The molecule has 1 heterocycles. The van der Waals surface area contributed by atoms with Gasteiger partial charge in [-0.15, -0.1) is 11.8 Å². The average molecular weight is 211 g/mol. The number of Topliss-reactive ketones (excluding diaryl/α,β-unsaturated/α-hetero) is 1. The Bertz CT molecular complexity index is 232. The van der Waals surface area contributed by atoms with Crippen LogP contribution >= 0.6 is 11.8 Å². The molecule has 0 radical (unpaired) electrons. The lowest BCUT2D eigenvalue weighted by Gasteiger charge is -2.13. The van der Waals surface area contributed by atoms with Gasteiger partial charge >= 0.3 is 6.18 Å². The molecule has 0 amide bonds. The van der Waals surface area contributed by atoms with Crippen molar-refractivity contribution in [1.82, 2.24) is 5.32 Å². The second-order valence-electron chi connectivity index (χ2n) is 2.56. The molecule has 0 aliphatic carbocycles. The van der Waals surface area contributed by atoms with Crippen LogP contribution in [-0.2, 0) is 4.79 Å². The fraction of sp³-hybridized carbons (Fsp3) is 0.571. The van der Waals surface area contributed by atoms with Gasteiger partial charge in [0.2, 0.25) is 0 Å². The van der Waals surface area contributed by atoms with Crippen LogP contribution in [0.15, 0.2) is 12.2 Å². The number of rotatable bonds is 2.